The summed E-state index contributed by atoms with van der Waals surface area (Å²) in [4.78, 5) is 0. The van der Waals surface area contributed by atoms with Crippen molar-refractivity contribution in [2.45, 2.75) is 18.9 Å². The van der Waals surface area contributed by atoms with Crippen LogP contribution in [0.4, 0.5) is 8.78 Å². The Balaban J connectivity index is 2.34. The second-order valence-corrected chi connectivity index (χ2v) is 4.04. The minimum Gasteiger partial charge on any atom is -0.324 e. The summed E-state index contributed by atoms with van der Waals surface area (Å²) < 4.78 is 26.1. The van der Waals surface area contributed by atoms with Crippen LogP contribution in [-0.4, -0.2) is 0 Å². The van der Waals surface area contributed by atoms with Crippen molar-refractivity contribution in [2.24, 2.45) is 11.7 Å². The Labute approximate surface area is 85.9 Å². The van der Waals surface area contributed by atoms with Crippen LogP contribution >= 0.6 is 11.6 Å². The van der Waals surface area contributed by atoms with Gasteiger partial charge in [-0.05, 0) is 36.5 Å². The first kappa shape index (κ1) is 9.87. The van der Waals surface area contributed by atoms with Crippen LogP contribution in [0.3, 0.4) is 0 Å². The van der Waals surface area contributed by atoms with E-state index in [0.717, 1.165) is 12.8 Å². The van der Waals surface area contributed by atoms with Gasteiger partial charge in [0.05, 0.1) is 0 Å². The maximum absolute atomic E-state index is 13.1. The van der Waals surface area contributed by atoms with Crippen molar-refractivity contribution in [1.82, 2.24) is 0 Å². The van der Waals surface area contributed by atoms with Gasteiger partial charge in [0, 0.05) is 6.04 Å². The normalized spacial score (nSPS) is 18.3. The largest absolute Gasteiger partial charge is 0.324 e. The number of nitrogens with two attached hydrogens (primary N) is 1. The van der Waals surface area contributed by atoms with E-state index in [-0.39, 0.29) is 6.04 Å². The lowest BCUT2D eigenvalue weighted by Crippen LogP contribution is -2.13. The summed E-state index contributed by atoms with van der Waals surface area (Å²) in [5, 5.41) is -0.461. The fourth-order valence-corrected chi connectivity index (χ4v) is 1.60. The third kappa shape index (κ3) is 1.74. The maximum atomic E-state index is 13.1. The van der Waals surface area contributed by atoms with E-state index in [1.54, 1.807) is 0 Å². The molecular weight excluding hydrogens is 208 g/mol. The van der Waals surface area contributed by atoms with E-state index in [1.807, 2.05) is 0 Å². The first-order valence-corrected chi connectivity index (χ1v) is 4.87. The van der Waals surface area contributed by atoms with Crippen LogP contribution in [-0.2, 0) is 0 Å². The molecule has 0 heterocycles. The second kappa shape index (κ2) is 3.48. The smallest absolute Gasteiger partial charge is 0.145 e. The zero-order chi connectivity index (χ0) is 10.3. The molecule has 0 bridgehead atoms. The second-order valence-electron chi connectivity index (χ2n) is 3.66. The molecule has 1 aromatic rings. The minimum absolute atomic E-state index is 0.267. The Morgan fingerprint density at radius 2 is 1.79 bits per heavy atom. The molecule has 1 aliphatic rings. The van der Waals surface area contributed by atoms with Crippen molar-refractivity contribution in [1.29, 1.82) is 0 Å². The third-order valence-electron chi connectivity index (χ3n) is 2.52. The predicted molar refractivity (Wildman–Crippen MR) is 51.0 cm³/mol. The number of benzene rings is 1. The van der Waals surface area contributed by atoms with Crippen LogP contribution in [0.15, 0.2) is 12.1 Å². The van der Waals surface area contributed by atoms with Crippen molar-refractivity contribution in [3.05, 3.63) is 34.4 Å². The number of hydrogen-bond acceptors (Lipinski definition) is 1. The molecule has 0 saturated heterocycles. The van der Waals surface area contributed by atoms with E-state index in [9.17, 15) is 8.78 Å². The molecule has 1 aromatic carbocycles. The minimum atomic E-state index is -0.738. The van der Waals surface area contributed by atoms with Crippen LogP contribution in [0.2, 0.25) is 5.02 Å². The molecule has 1 saturated carbocycles. The van der Waals surface area contributed by atoms with Crippen molar-refractivity contribution in [3.8, 4) is 0 Å². The zero-order valence-electron chi connectivity index (χ0n) is 7.43. The molecule has 1 nitrogen and oxygen atoms in total. The summed E-state index contributed by atoms with van der Waals surface area (Å²) in [5.74, 6) is -1.11. The molecule has 14 heavy (non-hydrogen) atoms. The molecule has 2 N–H and O–H groups in total. The highest BCUT2D eigenvalue weighted by Crippen LogP contribution is 2.40. The van der Waals surface area contributed by atoms with Gasteiger partial charge in [-0.25, -0.2) is 8.78 Å². The molecule has 0 aromatic heterocycles. The summed E-state index contributed by atoms with van der Waals surface area (Å²) in [6, 6.07) is 2.17. The number of hydrogen-bond donors (Lipinski definition) is 1. The molecule has 1 atom stereocenters. The fourth-order valence-electron chi connectivity index (χ4n) is 1.50. The predicted octanol–water partition coefficient (Wildman–Crippen LogP) is 3.03. The van der Waals surface area contributed by atoms with Gasteiger partial charge in [-0.15, -0.1) is 0 Å². The van der Waals surface area contributed by atoms with Crippen LogP contribution in [0.25, 0.3) is 0 Å². The summed E-state index contributed by atoms with van der Waals surface area (Å²) in [6.45, 7) is 0. The molecule has 0 amide bonds. The Kier molecular flexibility index (Phi) is 2.45. The van der Waals surface area contributed by atoms with Gasteiger partial charge in [0.1, 0.15) is 16.7 Å². The Bertz CT molecular complexity index is 340. The van der Waals surface area contributed by atoms with E-state index in [1.165, 1.54) is 12.1 Å². The van der Waals surface area contributed by atoms with Crippen LogP contribution < -0.4 is 5.73 Å². The lowest BCUT2D eigenvalue weighted by molar-refractivity contribution is 0.564. The molecule has 0 aliphatic heterocycles. The van der Waals surface area contributed by atoms with Crippen molar-refractivity contribution in [2.75, 3.05) is 0 Å². The quantitative estimate of drug-likeness (QED) is 0.758. The highest BCUT2D eigenvalue weighted by molar-refractivity contribution is 6.30. The van der Waals surface area contributed by atoms with E-state index in [2.05, 4.69) is 0 Å². The highest BCUT2D eigenvalue weighted by atomic mass is 35.5. The van der Waals surface area contributed by atoms with E-state index in [4.69, 9.17) is 17.3 Å². The Morgan fingerprint density at radius 3 is 2.21 bits per heavy atom. The van der Waals surface area contributed by atoms with Gasteiger partial charge < -0.3 is 5.73 Å². The number of halogens is 3. The fraction of sp³-hybridized carbons (Fsp3) is 0.400. The summed E-state index contributed by atoms with van der Waals surface area (Å²) in [6.07, 6.45) is 2.07. The van der Waals surface area contributed by atoms with Crippen molar-refractivity contribution >= 4 is 11.6 Å². The van der Waals surface area contributed by atoms with Gasteiger partial charge in [0.25, 0.3) is 0 Å². The molecule has 76 valence electrons. The molecular formula is C10H10ClF2N. The van der Waals surface area contributed by atoms with Gasteiger partial charge in [-0.1, -0.05) is 11.6 Å². The molecule has 2 rings (SSSR count). The molecule has 1 unspecified atom stereocenters. The molecule has 1 aliphatic carbocycles. The summed E-state index contributed by atoms with van der Waals surface area (Å²) in [5.41, 5.74) is 6.30. The van der Waals surface area contributed by atoms with E-state index >= 15 is 0 Å². The summed E-state index contributed by atoms with van der Waals surface area (Å²) >= 11 is 5.36. The zero-order valence-corrected chi connectivity index (χ0v) is 8.19. The number of rotatable bonds is 2. The Hall–Kier alpha value is -0.670. The van der Waals surface area contributed by atoms with Gasteiger partial charge in [0.15, 0.2) is 0 Å². The van der Waals surface area contributed by atoms with Crippen LogP contribution in [0.5, 0.6) is 0 Å². The standard InChI is InChI=1S/C10H10ClF2N/c11-9-7(12)3-6(4-8(9)13)10(14)5-1-2-5/h3-5,10H,1-2,14H2. The topological polar surface area (TPSA) is 26.0 Å². The van der Waals surface area contributed by atoms with Crippen LogP contribution in [0, 0.1) is 17.6 Å². The maximum Gasteiger partial charge on any atom is 0.145 e. The van der Waals surface area contributed by atoms with Gasteiger partial charge >= 0.3 is 0 Å². The van der Waals surface area contributed by atoms with E-state index in [0.29, 0.717) is 11.5 Å². The summed E-state index contributed by atoms with van der Waals surface area (Å²) in [7, 11) is 0. The average molecular weight is 218 g/mol. The lowest BCUT2D eigenvalue weighted by atomic mass is 10.0. The van der Waals surface area contributed by atoms with Gasteiger partial charge in [0.2, 0.25) is 0 Å². The average Bonchev–Trinajstić information content (AvgIpc) is 2.95. The molecule has 0 radical (unpaired) electrons. The van der Waals surface area contributed by atoms with E-state index < -0.39 is 16.7 Å². The SMILES string of the molecule is NC(c1cc(F)c(Cl)c(F)c1)C1CC1. The third-order valence-corrected chi connectivity index (χ3v) is 2.88. The first-order chi connectivity index (χ1) is 6.59. The first-order valence-electron chi connectivity index (χ1n) is 4.49. The molecule has 0 spiro atoms. The Morgan fingerprint density at radius 1 is 1.29 bits per heavy atom. The van der Waals surface area contributed by atoms with Crippen molar-refractivity contribution in [3.63, 3.8) is 0 Å². The molecule has 1 fully saturated rings. The molecule has 4 heteroatoms. The monoisotopic (exact) mass is 217 g/mol. The van der Waals surface area contributed by atoms with Crippen LogP contribution in [0.1, 0.15) is 24.4 Å². The van der Waals surface area contributed by atoms with Gasteiger partial charge in [-0.2, -0.15) is 0 Å². The van der Waals surface area contributed by atoms with Crippen molar-refractivity contribution < 1.29 is 8.78 Å². The lowest BCUT2D eigenvalue weighted by Gasteiger charge is -2.11. The highest BCUT2D eigenvalue weighted by Gasteiger charge is 2.30. The van der Waals surface area contributed by atoms with Gasteiger partial charge in [-0.3, -0.25) is 0 Å².